The van der Waals surface area contributed by atoms with Crippen LogP contribution in [0.3, 0.4) is 0 Å². The smallest absolute Gasteiger partial charge is 0.265 e. The Kier molecular flexibility index (Phi) is 4.25. The highest BCUT2D eigenvalue weighted by Crippen LogP contribution is 2.41. The van der Waals surface area contributed by atoms with Crippen molar-refractivity contribution < 1.29 is 13.2 Å². The molecule has 6 heteroatoms. The second-order valence-electron chi connectivity index (χ2n) is 7.50. The molecule has 0 aliphatic carbocycles. The third-order valence-electron chi connectivity index (χ3n) is 5.64. The number of anilines is 1. The van der Waals surface area contributed by atoms with E-state index >= 15 is 0 Å². The molecule has 30 heavy (non-hydrogen) atoms. The first-order valence-electron chi connectivity index (χ1n) is 9.78. The van der Waals surface area contributed by atoms with Crippen LogP contribution in [0.2, 0.25) is 0 Å². The number of nitrogens with one attached hydrogen (secondary N) is 1. The fourth-order valence-electron chi connectivity index (χ4n) is 4.25. The fourth-order valence-corrected chi connectivity index (χ4v) is 5.92. The SMILES string of the molecule is C[C@H](NC(=O)CN1c2cccc3cccc(c23)S1(=O)=O)c1cccc2ccccc12. The molecule has 4 aromatic rings. The van der Waals surface area contributed by atoms with Gasteiger partial charge in [-0.2, -0.15) is 0 Å². The van der Waals surface area contributed by atoms with Gasteiger partial charge in [0.15, 0.2) is 0 Å². The van der Waals surface area contributed by atoms with Crippen LogP contribution in [-0.4, -0.2) is 20.9 Å². The molecule has 1 atom stereocenters. The van der Waals surface area contributed by atoms with Crippen LogP contribution in [-0.2, 0) is 14.8 Å². The van der Waals surface area contributed by atoms with Crippen molar-refractivity contribution >= 4 is 43.2 Å². The van der Waals surface area contributed by atoms with Gasteiger partial charge in [0.25, 0.3) is 10.0 Å². The number of carbonyl (C=O) groups is 1. The van der Waals surface area contributed by atoms with E-state index in [0.29, 0.717) is 11.1 Å². The van der Waals surface area contributed by atoms with E-state index < -0.39 is 10.0 Å². The summed E-state index contributed by atoms with van der Waals surface area (Å²) in [6, 6.07) is 24.4. The number of sulfonamides is 1. The van der Waals surface area contributed by atoms with Crippen molar-refractivity contribution in [1.82, 2.24) is 5.32 Å². The number of amides is 1. The van der Waals surface area contributed by atoms with Gasteiger partial charge in [0.1, 0.15) is 6.54 Å². The van der Waals surface area contributed by atoms with Crippen molar-refractivity contribution in [3.05, 3.63) is 84.4 Å². The predicted molar refractivity (Wildman–Crippen MR) is 119 cm³/mol. The second-order valence-corrected chi connectivity index (χ2v) is 9.33. The van der Waals surface area contributed by atoms with E-state index in [-0.39, 0.29) is 23.4 Å². The first kappa shape index (κ1) is 18.6. The predicted octanol–water partition coefficient (Wildman–Crippen LogP) is 4.38. The van der Waals surface area contributed by atoms with Crippen molar-refractivity contribution in [2.75, 3.05) is 10.8 Å². The molecule has 150 valence electrons. The van der Waals surface area contributed by atoms with Crippen LogP contribution >= 0.6 is 0 Å². The van der Waals surface area contributed by atoms with Crippen LogP contribution in [0.5, 0.6) is 0 Å². The first-order chi connectivity index (χ1) is 14.5. The van der Waals surface area contributed by atoms with E-state index in [1.165, 1.54) is 4.31 Å². The van der Waals surface area contributed by atoms with Gasteiger partial charge >= 0.3 is 0 Å². The Balaban J connectivity index is 1.43. The summed E-state index contributed by atoms with van der Waals surface area (Å²) >= 11 is 0. The summed E-state index contributed by atoms with van der Waals surface area (Å²) < 4.78 is 27.4. The van der Waals surface area contributed by atoms with Crippen LogP contribution in [0.25, 0.3) is 21.5 Å². The number of hydrogen-bond donors (Lipinski definition) is 1. The molecule has 1 N–H and O–H groups in total. The molecule has 1 aliphatic heterocycles. The molecule has 0 saturated carbocycles. The van der Waals surface area contributed by atoms with Gasteiger partial charge in [-0.05, 0) is 40.8 Å². The molecule has 1 amide bonds. The average molecular weight is 417 g/mol. The van der Waals surface area contributed by atoms with Gasteiger partial charge in [-0.1, -0.05) is 66.7 Å². The van der Waals surface area contributed by atoms with Gasteiger partial charge in [0.05, 0.1) is 16.6 Å². The number of benzene rings is 4. The number of rotatable bonds is 4. The van der Waals surface area contributed by atoms with Crippen LogP contribution in [0.15, 0.2) is 83.8 Å². The molecular formula is C24H20N2O3S. The molecule has 1 heterocycles. The van der Waals surface area contributed by atoms with Gasteiger partial charge in [0, 0.05) is 5.39 Å². The zero-order chi connectivity index (χ0) is 20.9. The minimum absolute atomic E-state index is 0.255. The summed E-state index contributed by atoms with van der Waals surface area (Å²) in [6.07, 6.45) is 0. The van der Waals surface area contributed by atoms with Gasteiger partial charge in [-0.3, -0.25) is 9.10 Å². The van der Waals surface area contributed by atoms with E-state index in [1.807, 2.05) is 67.6 Å². The van der Waals surface area contributed by atoms with Crippen LogP contribution in [0, 0.1) is 0 Å². The number of nitrogens with zero attached hydrogens (tertiary/aromatic N) is 1. The fraction of sp³-hybridized carbons (Fsp3) is 0.125. The third-order valence-corrected chi connectivity index (χ3v) is 7.44. The molecular weight excluding hydrogens is 396 g/mol. The maximum absolute atomic E-state index is 13.1. The van der Waals surface area contributed by atoms with E-state index in [4.69, 9.17) is 0 Å². The Labute approximate surface area is 175 Å². The number of fused-ring (bicyclic) bond motifs is 1. The average Bonchev–Trinajstić information content (AvgIpc) is 2.96. The number of hydrogen-bond acceptors (Lipinski definition) is 3. The van der Waals surface area contributed by atoms with Gasteiger partial charge < -0.3 is 5.32 Å². The normalized spacial score (nSPS) is 15.4. The molecule has 5 rings (SSSR count). The van der Waals surface area contributed by atoms with E-state index in [1.54, 1.807) is 18.2 Å². The van der Waals surface area contributed by atoms with Crippen molar-refractivity contribution in [2.24, 2.45) is 0 Å². The molecule has 1 aliphatic rings. The summed E-state index contributed by atoms with van der Waals surface area (Å²) in [5.41, 5.74) is 1.55. The second kappa shape index (κ2) is 6.85. The molecule has 0 radical (unpaired) electrons. The molecule has 0 saturated heterocycles. The zero-order valence-corrected chi connectivity index (χ0v) is 17.2. The summed E-state index contributed by atoms with van der Waals surface area (Å²) in [4.78, 5) is 13.1. The Morgan fingerprint density at radius 2 is 1.57 bits per heavy atom. The monoisotopic (exact) mass is 416 g/mol. The summed E-state index contributed by atoms with van der Waals surface area (Å²) in [6.45, 7) is 1.65. The Bertz CT molecular complexity index is 1400. The van der Waals surface area contributed by atoms with E-state index in [0.717, 1.165) is 21.7 Å². The van der Waals surface area contributed by atoms with Crippen molar-refractivity contribution in [2.45, 2.75) is 17.9 Å². The van der Waals surface area contributed by atoms with Crippen molar-refractivity contribution in [3.8, 4) is 0 Å². The maximum atomic E-state index is 13.1. The van der Waals surface area contributed by atoms with Gasteiger partial charge in [0.2, 0.25) is 5.91 Å². The van der Waals surface area contributed by atoms with Crippen LogP contribution in [0.1, 0.15) is 18.5 Å². The van der Waals surface area contributed by atoms with E-state index in [2.05, 4.69) is 5.32 Å². The van der Waals surface area contributed by atoms with Crippen molar-refractivity contribution in [3.63, 3.8) is 0 Å². The summed E-state index contributed by atoms with van der Waals surface area (Å²) in [7, 11) is -3.76. The lowest BCUT2D eigenvalue weighted by Crippen LogP contribution is -2.39. The highest BCUT2D eigenvalue weighted by molar-refractivity contribution is 7.93. The van der Waals surface area contributed by atoms with Crippen LogP contribution < -0.4 is 9.62 Å². The molecule has 0 bridgehead atoms. The Morgan fingerprint density at radius 3 is 2.40 bits per heavy atom. The van der Waals surface area contributed by atoms with Crippen molar-refractivity contribution in [1.29, 1.82) is 0 Å². The Hall–Kier alpha value is -3.38. The zero-order valence-electron chi connectivity index (χ0n) is 16.4. The van der Waals surface area contributed by atoms with Crippen LogP contribution in [0.4, 0.5) is 5.69 Å². The minimum atomic E-state index is -3.76. The summed E-state index contributed by atoms with van der Waals surface area (Å²) in [5.74, 6) is -0.344. The highest BCUT2D eigenvalue weighted by atomic mass is 32.2. The molecule has 0 aromatic heterocycles. The highest BCUT2D eigenvalue weighted by Gasteiger charge is 2.36. The molecule has 0 fully saturated rings. The largest absolute Gasteiger partial charge is 0.348 e. The molecule has 5 nitrogen and oxygen atoms in total. The lowest BCUT2D eigenvalue weighted by Gasteiger charge is -2.21. The quantitative estimate of drug-likeness (QED) is 0.537. The first-order valence-corrected chi connectivity index (χ1v) is 11.2. The lowest BCUT2D eigenvalue weighted by molar-refractivity contribution is -0.120. The number of carbonyl (C=O) groups excluding carboxylic acids is 1. The lowest BCUT2D eigenvalue weighted by atomic mass is 10.00. The molecule has 0 unspecified atom stereocenters. The standard InChI is InChI=1S/C24H20N2O3S/c1-16(19-12-4-8-17-7-2-3-11-20(17)19)25-23(27)15-26-21-13-5-9-18-10-6-14-22(24(18)21)30(26,28)29/h2-14,16H,15H2,1H3,(H,25,27)/t16-/m0/s1. The summed E-state index contributed by atoms with van der Waals surface area (Å²) in [5, 5.41) is 6.66. The topological polar surface area (TPSA) is 66.5 Å². The maximum Gasteiger partial charge on any atom is 0.265 e. The molecule has 4 aromatic carbocycles. The minimum Gasteiger partial charge on any atom is -0.348 e. The van der Waals surface area contributed by atoms with E-state index in [9.17, 15) is 13.2 Å². The molecule has 0 spiro atoms. The van der Waals surface area contributed by atoms with Gasteiger partial charge in [-0.15, -0.1) is 0 Å². The third kappa shape index (κ3) is 2.83. The van der Waals surface area contributed by atoms with Gasteiger partial charge in [-0.25, -0.2) is 8.42 Å². The Morgan fingerprint density at radius 1 is 0.900 bits per heavy atom.